The normalized spacial score (nSPS) is 9.60. The molecule has 0 radical (unpaired) electrons. The Kier molecular flexibility index (Phi) is 3.87. The van der Waals surface area contributed by atoms with Crippen molar-refractivity contribution >= 4 is 23.1 Å². The number of amides is 2. The Morgan fingerprint density at radius 1 is 1.15 bits per heavy atom. The average molecular weight is 266 g/mol. The van der Waals surface area contributed by atoms with Crippen LogP contribution in [0.5, 0.6) is 0 Å². The van der Waals surface area contributed by atoms with Crippen LogP contribution in [0.25, 0.3) is 0 Å². The molecule has 100 valence electrons. The van der Waals surface area contributed by atoms with Crippen molar-refractivity contribution in [2.45, 2.75) is 6.92 Å². The number of nitrogens with one attached hydrogen (secondary N) is 2. The number of anilines is 3. The van der Waals surface area contributed by atoms with E-state index < -0.39 is 0 Å². The zero-order valence-electron chi connectivity index (χ0n) is 11.0. The molecule has 2 amide bonds. The van der Waals surface area contributed by atoms with Crippen molar-refractivity contribution in [1.29, 1.82) is 5.26 Å². The van der Waals surface area contributed by atoms with Gasteiger partial charge in [-0.05, 0) is 48.9 Å². The molecular weight excluding hydrogens is 252 g/mol. The summed E-state index contributed by atoms with van der Waals surface area (Å²) in [6.45, 7) is 1.92. The van der Waals surface area contributed by atoms with Gasteiger partial charge in [0.2, 0.25) is 0 Å². The zero-order chi connectivity index (χ0) is 14.5. The van der Waals surface area contributed by atoms with Gasteiger partial charge >= 0.3 is 6.03 Å². The van der Waals surface area contributed by atoms with Gasteiger partial charge in [-0.25, -0.2) is 4.79 Å². The summed E-state index contributed by atoms with van der Waals surface area (Å²) in [5, 5.41) is 14.1. The summed E-state index contributed by atoms with van der Waals surface area (Å²) < 4.78 is 0. The van der Waals surface area contributed by atoms with Crippen LogP contribution in [0.3, 0.4) is 0 Å². The third kappa shape index (κ3) is 3.27. The van der Waals surface area contributed by atoms with Gasteiger partial charge < -0.3 is 16.4 Å². The van der Waals surface area contributed by atoms with Crippen LogP contribution in [0.2, 0.25) is 0 Å². The number of nitriles is 1. The van der Waals surface area contributed by atoms with Crippen molar-refractivity contribution in [2.75, 3.05) is 16.4 Å². The number of urea groups is 1. The summed E-state index contributed by atoms with van der Waals surface area (Å²) in [5.41, 5.74) is 9.01. The Bertz CT molecular complexity index is 671. The lowest BCUT2D eigenvalue weighted by Crippen LogP contribution is -2.20. The lowest BCUT2D eigenvalue weighted by Gasteiger charge is -2.10. The van der Waals surface area contributed by atoms with Crippen LogP contribution in [-0.2, 0) is 0 Å². The monoisotopic (exact) mass is 266 g/mol. The van der Waals surface area contributed by atoms with E-state index in [9.17, 15) is 4.79 Å². The molecule has 0 spiro atoms. The van der Waals surface area contributed by atoms with E-state index in [2.05, 4.69) is 10.6 Å². The van der Waals surface area contributed by atoms with Crippen molar-refractivity contribution in [3.63, 3.8) is 0 Å². The number of nitrogens with zero attached hydrogens (tertiary/aromatic N) is 1. The SMILES string of the molecule is Cc1ccc(N)c(NC(=O)Nc2ccc(C#N)cc2)c1. The number of carbonyl (C=O) groups is 1. The second-order valence-electron chi connectivity index (χ2n) is 4.36. The van der Waals surface area contributed by atoms with E-state index in [1.807, 2.05) is 19.1 Å². The summed E-state index contributed by atoms with van der Waals surface area (Å²) in [5.74, 6) is 0. The Morgan fingerprint density at radius 3 is 2.50 bits per heavy atom. The molecule has 0 aliphatic heterocycles. The molecule has 20 heavy (non-hydrogen) atoms. The molecule has 0 saturated heterocycles. The Labute approximate surface area is 117 Å². The molecule has 0 unspecified atom stereocenters. The molecule has 2 rings (SSSR count). The van der Waals surface area contributed by atoms with Crippen LogP contribution in [0.1, 0.15) is 11.1 Å². The van der Waals surface area contributed by atoms with E-state index in [1.54, 1.807) is 36.4 Å². The molecular formula is C15H14N4O. The maximum atomic E-state index is 11.9. The van der Waals surface area contributed by atoms with E-state index >= 15 is 0 Å². The Morgan fingerprint density at radius 2 is 1.85 bits per heavy atom. The highest BCUT2D eigenvalue weighted by Gasteiger charge is 2.05. The molecule has 0 atom stereocenters. The topological polar surface area (TPSA) is 90.9 Å². The second-order valence-corrected chi connectivity index (χ2v) is 4.36. The standard InChI is InChI=1S/C15H14N4O/c1-10-2-7-13(17)14(8-10)19-15(20)18-12-5-3-11(9-16)4-6-12/h2-8H,17H2,1H3,(H2,18,19,20). The van der Waals surface area contributed by atoms with Gasteiger partial charge in [0.1, 0.15) is 0 Å². The number of nitrogen functional groups attached to an aromatic ring is 1. The number of benzene rings is 2. The summed E-state index contributed by atoms with van der Waals surface area (Å²) >= 11 is 0. The van der Waals surface area contributed by atoms with Crippen molar-refractivity contribution in [2.24, 2.45) is 0 Å². The van der Waals surface area contributed by atoms with Crippen LogP contribution in [-0.4, -0.2) is 6.03 Å². The van der Waals surface area contributed by atoms with Crippen LogP contribution in [0.15, 0.2) is 42.5 Å². The van der Waals surface area contributed by atoms with Gasteiger partial charge in [-0.1, -0.05) is 6.07 Å². The fraction of sp³-hybridized carbons (Fsp3) is 0.0667. The minimum Gasteiger partial charge on any atom is -0.397 e. The fourth-order valence-corrected chi connectivity index (χ4v) is 1.69. The van der Waals surface area contributed by atoms with E-state index in [0.717, 1.165) is 5.56 Å². The maximum absolute atomic E-state index is 11.9. The van der Waals surface area contributed by atoms with Gasteiger partial charge in [0.15, 0.2) is 0 Å². The van der Waals surface area contributed by atoms with Gasteiger partial charge in [0.05, 0.1) is 23.0 Å². The van der Waals surface area contributed by atoms with Crippen molar-refractivity contribution in [3.8, 4) is 6.07 Å². The van der Waals surface area contributed by atoms with Gasteiger partial charge in [0, 0.05) is 5.69 Å². The first-order valence-corrected chi connectivity index (χ1v) is 6.03. The first-order valence-electron chi connectivity index (χ1n) is 6.03. The molecule has 5 heteroatoms. The van der Waals surface area contributed by atoms with Crippen LogP contribution in [0, 0.1) is 18.3 Å². The van der Waals surface area contributed by atoms with Crippen LogP contribution >= 0.6 is 0 Å². The first kappa shape index (κ1) is 13.4. The fourth-order valence-electron chi connectivity index (χ4n) is 1.69. The molecule has 0 aromatic heterocycles. The molecule has 0 aliphatic rings. The molecule has 0 saturated carbocycles. The summed E-state index contributed by atoms with van der Waals surface area (Å²) in [6.07, 6.45) is 0. The third-order valence-electron chi connectivity index (χ3n) is 2.73. The maximum Gasteiger partial charge on any atom is 0.323 e. The van der Waals surface area contributed by atoms with Crippen molar-refractivity contribution in [1.82, 2.24) is 0 Å². The number of hydrogen-bond donors (Lipinski definition) is 3. The van der Waals surface area contributed by atoms with Crippen LogP contribution in [0.4, 0.5) is 21.9 Å². The predicted octanol–water partition coefficient (Wildman–Crippen LogP) is 3.09. The van der Waals surface area contributed by atoms with Crippen LogP contribution < -0.4 is 16.4 Å². The molecule has 2 aromatic rings. The summed E-state index contributed by atoms with van der Waals surface area (Å²) in [4.78, 5) is 11.9. The molecule has 2 aromatic carbocycles. The molecule has 0 aliphatic carbocycles. The molecule has 0 bridgehead atoms. The highest BCUT2D eigenvalue weighted by Crippen LogP contribution is 2.20. The summed E-state index contributed by atoms with van der Waals surface area (Å²) in [6, 6.07) is 13.6. The average Bonchev–Trinajstić information content (AvgIpc) is 2.43. The minimum absolute atomic E-state index is 0.382. The van der Waals surface area contributed by atoms with Gasteiger partial charge in [-0.2, -0.15) is 5.26 Å². The number of nitrogens with two attached hydrogens (primary N) is 1. The largest absolute Gasteiger partial charge is 0.397 e. The van der Waals surface area contributed by atoms with E-state index in [-0.39, 0.29) is 6.03 Å². The van der Waals surface area contributed by atoms with E-state index in [0.29, 0.717) is 22.6 Å². The molecule has 5 nitrogen and oxygen atoms in total. The Balaban J connectivity index is 2.05. The number of carbonyl (C=O) groups excluding carboxylic acids is 1. The number of rotatable bonds is 2. The van der Waals surface area contributed by atoms with E-state index in [1.165, 1.54) is 0 Å². The van der Waals surface area contributed by atoms with Gasteiger partial charge in [-0.15, -0.1) is 0 Å². The second kappa shape index (κ2) is 5.76. The zero-order valence-corrected chi connectivity index (χ0v) is 11.0. The van der Waals surface area contributed by atoms with Gasteiger partial charge in [-0.3, -0.25) is 0 Å². The molecule has 0 heterocycles. The molecule has 4 N–H and O–H groups in total. The first-order chi connectivity index (χ1) is 9.58. The van der Waals surface area contributed by atoms with Gasteiger partial charge in [0.25, 0.3) is 0 Å². The highest BCUT2D eigenvalue weighted by atomic mass is 16.2. The minimum atomic E-state index is -0.382. The number of aryl methyl sites for hydroxylation is 1. The lowest BCUT2D eigenvalue weighted by molar-refractivity contribution is 0.262. The Hall–Kier alpha value is -3.00. The summed E-state index contributed by atoms with van der Waals surface area (Å²) in [7, 11) is 0. The van der Waals surface area contributed by atoms with Crippen molar-refractivity contribution in [3.05, 3.63) is 53.6 Å². The van der Waals surface area contributed by atoms with Crippen molar-refractivity contribution < 1.29 is 4.79 Å². The lowest BCUT2D eigenvalue weighted by atomic mass is 10.2. The highest BCUT2D eigenvalue weighted by molar-refractivity contribution is 6.01. The smallest absolute Gasteiger partial charge is 0.323 e. The number of hydrogen-bond acceptors (Lipinski definition) is 3. The quantitative estimate of drug-likeness (QED) is 0.729. The molecule has 0 fully saturated rings. The predicted molar refractivity (Wildman–Crippen MR) is 79.4 cm³/mol. The third-order valence-corrected chi connectivity index (χ3v) is 2.73. The van der Waals surface area contributed by atoms with E-state index in [4.69, 9.17) is 11.0 Å².